The number of aliphatic imine (C=N–C) groups is 1. The van der Waals surface area contributed by atoms with Crippen LogP contribution in [0.4, 0.5) is 0 Å². The molecule has 0 atom stereocenters. The molecule has 6 heteroatoms. The van der Waals surface area contributed by atoms with Gasteiger partial charge < -0.3 is 15.5 Å². The molecule has 146 valence electrons. The van der Waals surface area contributed by atoms with Gasteiger partial charge in [-0.2, -0.15) is 0 Å². The standard InChI is InChI=1S/C20H32N4O.HI/c1-16(2)6-4-12-22-20(21-3)23-14-17-8-10-18(11-9-17)15-24-13-5-7-19(24)25;/h8-11,16H,4-7,12-15H2,1-3H3,(H2,21,22,23);1H. The Morgan fingerprint density at radius 1 is 1.19 bits per heavy atom. The van der Waals surface area contributed by atoms with Crippen LogP contribution in [0.25, 0.3) is 0 Å². The smallest absolute Gasteiger partial charge is 0.222 e. The maximum Gasteiger partial charge on any atom is 0.222 e. The van der Waals surface area contributed by atoms with Crippen molar-refractivity contribution in [3.63, 3.8) is 0 Å². The third-order valence-corrected chi connectivity index (χ3v) is 4.50. The number of nitrogens with one attached hydrogen (secondary N) is 2. The van der Waals surface area contributed by atoms with Crippen LogP contribution in [0.5, 0.6) is 0 Å². The number of carbonyl (C=O) groups is 1. The molecule has 1 amide bonds. The van der Waals surface area contributed by atoms with Gasteiger partial charge in [0.05, 0.1) is 0 Å². The molecular weight excluding hydrogens is 439 g/mol. The second kappa shape index (κ2) is 12.1. The van der Waals surface area contributed by atoms with E-state index in [4.69, 9.17) is 0 Å². The van der Waals surface area contributed by atoms with Crippen LogP contribution < -0.4 is 10.6 Å². The molecular formula is C20H33IN4O. The summed E-state index contributed by atoms with van der Waals surface area (Å²) in [5.41, 5.74) is 2.40. The third-order valence-electron chi connectivity index (χ3n) is 4.50. The summed E-state index contributed by atoms with van der Waals surface area (Å²) >= 11 is 0. The Hall–Kier alpha value is -1.31. The highest BCUT2D eigenvalue weighted by atomic mass is 127. The van der Waals surface area contributed by atoms with Crippen molar-refractivity contribution >= 4 is 35.8 Å². The minimum absolute atomic E-state index is 0. The van der Waals surface area contributed by atoms with Crippen molar-refractivity contribution in [2.45, 2.75) is 52.6 Å². The zero-order valence-electron chi connectivity index (χ0n) is 16.3. The van der Waals surface area contributed by atoms with Gasteiger partial charge in [0.2, 0.25) is 5.91 Å². The first kappa shape index (κ1) is 22.7. The lowest BCUT2D eigenvalue weighted by Gasteiger charge is -2.16. The van der Waals surface area contributed by atoms with Crippen LogP contribution in [-0.2, 0) is 17.9 Å². The van der Waals surface area contributed by atoms with Gasteiger partial charge in [-0.25, -0.2) is 0 Å². The summed E-state index contributed by atoms with van der Waals surface area (Å²) in [4.78, 5) is 17.9. The Labute approximate surface area is 175 Å². The van der Waals surface area contributed by atoms with Gasteiger partial charge in [0.25, 0.3) is 0 Å². The number of amides is 1. The van der Waals surface area contributed by atoms with Gasteiger partial charge in [-0.05, 0) is 36.3 Å². The molecule has 0 spiro atoms. The van der Waals surface area contributed by atoms with Gasteiger partial charge >= 0.3 is 0 Å². The zero-order chi connectivity index (χ0) is 18.1. The number of hydrogen-bond donors (Lipinski definition) is 2. The number of rotatable bonds is 8. The molecule has 0 aliphatic carbocycles. The highest BCUT2D eigenvalue weighted by Gasteiger charge is 2.19. The Morgan fingerprint density at radius 2 is 1.88 bits per heavy atom. The van der Waals surface area contributed by atoms with Crippen LogP contribution in [-0.4, -0.2) is 36.9 Å². The van der Waals surface area contributed by atoms with Crippen LogP contribution in [0, 0.1) is 5.92 Å². The fraction of sp³-hybridized carbons (Fsp3) is 0.600. The van der Waals surface area contributed by atoms with Crippen LogP contribution >= 0.6 is 24.0 Å². The zero-order valence-corrected chi connectivity index (χ0v) is 18.6. The first-order valence-electron chi connectivity index (χ1n) is 9.38. The molecule has 1 aromatic rings. The van der Waals surface area contributed by atoms with Crippen LogP contribution in [0.3, 0.4) is 0 Å². The highest BCUT2D eigenvalue weighted by Crippen LogP contribution is 2.14. The molecule has 0 saturated carbocycles. The fourth-order valence-corrected chi connectivity index (χ4v) is 2.98. The molecule has 1 aliphatic heterocycles. The molecule has 1 saturated heterocycles. The van der Waals surface area contributed by atoms with Gasteiger partial charge in [-0.3, -0.25) is 9.79 Å². The molecule has 1 aliphatic rings. The van der Waals surface area contributed by atoms with E-state index in [0.717, 1.165) is 50.9 Å². The molecule has 26 heavy (non-hydrogen) atoms. The van der Waals surface area contributed by atoms with E-state index < -0.39 is 0 Å². The predicted octanol–water partition coefficient (Wildman–Crippen LogP) is 3.53. The van der Waals surface area contributed by atoms with Crippen LogP contribution in [0.15, 0.2) is 29.3 Å². The van der Waals surface area contributed by atoms with Gasteiger partial charge in [-0.15, -0.1) is 24.0 Å². The Balaban J connectivity index is 0.00000338. The summed E-state index contributed by atoms with van der Waals surface area (Å²) in [5.74, 6) is 1.86. The number of likely N-dealkylation sites (tertiary alicyclic amines) is 1. The lowest BCUT2D eigenvalue weighted by Crippen LogP contribution is -2.37. The summed E-state index contributed by atoms with van der Waals surface area (Å²) in [6.45, 7) is 7.80. The molecule has 0 radical (unpaired) electrons. The van der Waals surface area contributed by atoms with Crippen LogP contribution in [0.2, 0.25) is 0 Å². The number of carbonyl (C=O) groups excluding carboxylic acids is 1. The van der Waals surface area contributed by atoms with Crippen molar-refractivity contribution in [3.05, 3.63) is 35.4 Å². The van der Waals surface area contributed by atoms with E-state index in [0.29, 0.717) is 6.42 Å². The first-order valence-corrected chi connectivity index (χ1v) is 9.38. The Kier molecular flexibility index (Phi) is 10.6. The fourth-order valence-electron chi connectivity index (χ4n) is 2.98. The van der Waals surface area contributed by atoms with Crippen molar-refractivity contribution < 1.29 is 4.79 Å². The van der Waals surface area contributed by atoms with E-state index in [-0.39, 0.29) is 29.9 Å². The third kappa shape index (κ3) is 7.93. The molecule has 5 nitrogen and oxygen atoms in total. The van der Waals surface area contributed by atoms with Crippen molar-refractivity contribution in [1.29, 1.82) is 0 Å². The molecule has 2 N–H and O–H groups in total. The van der Waals surface area contributed by atoms with Crippen molar-refractivity contribution in [2.24, 2.45) is 10.9 Å². The van der Waals surface area contributed by atoms with E-state index >= 15 is 0 Å². The molecule has 0 bridgehead atoms. The molecule has 1 aromatic carbocycles. The van der Waals surface area contributed by atoms with E-state index in [9.17, 15) is 4.79 Å². The van der Waals surface area contributed by atoms with Gasteiger partial charge in [0.1, 0.15) is 0 Å². The van der Waals surface area contributed by atoms with E-state index in [1.165, 1.54) is 17.5 Å². The number of hydrogen-bond acceptors (Lipinski definition) is 2. The number of halogens is 1. The summed E-state index contributed by atoms with van der Waals surface area (Å²) < 4.78 is 0. The molecule has 0 unspecified atom stereocenters. The maximum absolute atomic E-state index is 11.7. The molecule has 1 fully saturated rings. The van der Waals surface area contributed by atoms with E-state index in [2.05, 4.69) is 53.7 Å². The lowest BCUT2D eigenvalue weighted by atomic mass is 10.1. The summed E-state index contributed by atoms with van der Waals surface area (Å²) in [5, 5.41) is 6.70. The minimum Gasteiger partial charge on any atom is -0.356 e. The van der Waals surface area contributed by atoms with Gasteiger partial charge in [0, 0.05) is 39.6 Å². The average Bonchev–Trinajstić information content (AvgIpc) is 3.00. The molecule has 2 rings (SSSR count). The Morgan fingerprint density at radius 3 is 2.46 bits per heavy atom. The first-order chi connectivity index (χ1) is 12.1. The van der Waals surface area contributed by atoms with Gasteiger partial charge in [-0.1, -0.05) is 38.1 Å². The van der Waals surface area contributed by atoms with E-state index in [1.54, 1.807) is 7.05 Å². The topological polar surface area (TPSA) is 56.7 Å². The molecule has 0 aromatic heterocycles. The van der Waals surface area contributed by atoms with E-state index in [1.807, 2.05) is 4.90 Å². The SMILES string of the molecule is CN=C(NCCCC(C)C)NCc1ccc(CN2CCCC2=O)cc1.I. The number of nitrogens with zero attached hydrogens (tertiary/aromatic N) is 2. The highest BCUT2D eigenvalue weighted by molar-refractivity contribution is 14.0. The molecule has 1 heterocycles. The minimum atomic E-state index is 0. The number of guanidine groups is 1. The monoisotopic (exact) mass is 472 g/mol. The Bertz CT molecular complexity index is 572. The van der Waals surface area contributed by atoms with Crippen LogP contribution in [0.1, 0.15) is 50.7 Å². The van der Waals surface area contributed by atoms with Crippen molar-refractivity contribution in [1.82, 2.24) is 15.5 Å². The van der Waals surface area contributed by atoms with Gasteiger partial charge in [0.15, 0.2) is 5.96 Å². The average molecular weight is 472 g/mol. The summed E-state index contributed by atoms with van der Waals surface area (Å²) in [6, 6.07) is 8.47. The maximum atomic E-state index is 11.7. The quantitative estimate of drug-likeness (QED) is 0.264. The number of benzene rings is 1. The second-order valence-corrected chi connectivity index (χ2v) is 7.12. The second-order valence-electron chi connectivity index (χ2n) is 7.12. The largest absolute Gasteiger partial charge is 0.356 e. The summed E-state index contributed by atoms with van der Waals surface area (Å²) in [6.07, 6.45) is 4.07. The predicted molar refractivity (Wildman–Crippen MR) is 119 cm³/mol. The van der Waals surface area contributed by atoms with Crippen molar-refractivity contribution in [2.75, 3.05) is 20.1 Å². The lowest BCUT2D eigenvalue weighted by molar-refractivity contribution is -0.128. The van der Waals surface area contributed by atoms with Crippen molar-refractivity contribution in [3.8, 4) is 0 Å². The summed E-state index contributed by atoms with van der Waals surface area (Å²) in [7, 11) is 1.80. The normalized spacial score (nSPS) is 14.5.